The SMILES string of the molecule is CC(S)C(=O)O.Clc1cc2cc-2c1.c1ccc(-c2cocn2)cc1. The quantitative estimate of drug-likeness (QED) is 0.490. The molecular formula is C18H16ClNO3S. The third kappa shape index (κ3) is 5.76. The predicted molar refractivity (Wildman–Crippen MR) is 98.5 cm³/mol. The summed E-state index contributed by atoms with van der Waals surface area (Å²) in [5.41, 5.74) is 4.59. The number of hydrogen-bond donors (Lipinski definition) is 2. The number of nitrogens with zero attached hydrogens (tertiary/aromatic N) is 1. The number of rotatable bonds is 2. The van der Waals surface area contributed by atoms with Crippen molar-refractivity contribution < 1.29 is 14.3 Å². The molecule has 4 rings (SSSR count). The second-order valence-electron chi connectivity index (χ2n) is 4.98. The smallest absolute Gasteiger partial charge is 0.316 e. The van der Waals surface area contributed by atoms with Crippen molar-refractivity contribution >= 4 is 30.2 Å². The highest BCUT2D eigenvalue weighted by molar-refractivity contribution is 7.81. The van der Waals surface area contributed by atoms with Crippen molar-refractivity contribution in [3.63, 3.8) is 0 Å². The van der Waals surface area contributed by atoms with Crippen LogP contribution in [0.1, 0.15) is 6.92 Å². The topological polar surface area (TPSA) is 63.3 Å². The number of carbonyl (C=O) groups is 1. The molecule has 0 radical (unpaired) electrons. The molecule has 4 nitrogen and oxygen atoms in total. The summed E-state index contributed by atoms with van der Waals surface area (Å²) in [4.78, 5) is 13.6. The van der Waals surface area contributed by atoms with E-state index in [9.17, 15) is 4.79 Å². The summed E-state index contributed by atoms with van der Waals surface area (Å²) >= 11 is 9.17. The number of halogens is 1. The lowest BCUT2D eigenvalue weighted by atomic mass is 10.2. The minimum Gasteiger partial charge on any atom is -0.480 e. The number of oxazole rings is 1. The average molecular weight is 362 g/mol. The highest BCUT2D eigenvalue weighted by Crippen LogP contribution is 2.37. The fourth-order valence-electron chi connectivity index (χ4n) is 1.68. The first-order valence-corrected chi connectivity index (χ1v) is 8.02. The molecule has 2 aromatic rings. The molecule has 0 fully saturated rings. The van der Waals surface area contributed by atoms with Crippen LogP contribution < -0.4 is 0 Å². The van der Waals surface area contributed by atoms with Gasteiger partial charge in [-0.05, 0) is 36.2 Å². The minimum atomic E-state index is -0.877. The van der Waals surface area contributed by atoms with Crippen LogP contribution in [0.5, 0.6) is 0 Å². The van der Waals surface area contributed by atoms with E-state index in [0.29, 0.717) is 0 Å². The van der Waals surface area contributed by atoms with Gasteiger partial charge in [-0.15, -0.1) is 0 Å². The van der Waals surface area contributed by atoms with E-state index < -0.39 is 11.2 Å². The first-order chi connectivity index (χ1) is 11.5. The highest BCUT2D eigenvalue weighted by atomic mass is 35.5. The lowest BCUT2D eigenvalue weighted by molar-refractivity contribution is -0.136. The van der Waals surface area contributed by atoms with Crippen LogP contribution in [-0.2, 0) is 4.79 Å². The van der Waals surface area contributed by atoms with E-state index >= 15 is 0 Å². The molecule has 0 saturated carbocycles. The maximum atomic E-state index is 9.62. The van der Waals surface area contributed by atoms with Gasteiger partial charge in [0, 0.05) is 10.6 Å². The number of carboxylic acids is 1. The molecule has 2 aliphatic carbocycles. The van der Waals surface area contributed by atoms with Crippen LogP contribution in [0.15, 0.2) is 65.6 Å². The Morgan fingerprint density at radius 1 is 1.17 bits per heavy atom. The number of aliphatic carboxylic acids is 1. The number of benzene rings is 2. The van der Waals surface area contributed by atoms with Crippen molar-refractivity contribution in [2.24, 2.45) is 0 Å². The molecule has 1 aromatic heterocycles. The zero-order valence-electron chi connectivity index (χ0n) is 12.9. The Morgan fingerprint density at radius 2 is 1.75 bits per heavy atom. The summed E-state index contributed by atoms with van der Waals surface area (Å²) < 4.78 is 4.86. The van der Waals surface area contributed by atoms with Crippen molar-refractivity contribution in [2.75, 3.05) is 0 Å². The third-order valence-electron chi connectivity index (χ3n) is 3.01. The standard InChI is InChI=1S/C9H7NO.C6H3Cl.C3H6O2S/c1-2-4-8(5-3-1)9-6-11-7-10-9;7-6-2-4-1-5(4)3-6;1-2(6)3(4)5/h1-7H;1-3H;2,6H,1H3,(H,4,5). The summed E-state index contributed by atoms with van der Waals surface area (Å²) in [7, 11) is 0. The van der Waals surface area contributed by atoms with Crippen LogP contribution in [0.2, 0.25) is 5.02 Å². The van der Waals surface area contributed by atoms with Gasteiger partial charge in [0.05, 0.1) is 5.25 Å². The Kier molecular flexibility index (Phi) is 6.46. The van der Waals surface area contributed by atoms with Gasteiger partial charge in [0.15, 0.2) is 6.39 Å². The van der Waals surface area contributed by atoms with Gasteiger partial charge in [-0.2, -0.15) is 12.6 Å². The first kappa shape index (κ1) is 18.1. The first-order valence-electron chi connectivity index (χ1n) is 7.13. The van der Waals surface area contributed by atoms with Gasteiger partial charge >= 0.3 is 5.97 Å². The lowest BCUT2D eigenvalue weighted by Crippen LogP contribution is -2.06. The Labute approximate surface area is 150 Å². The van der Waals surface area contributed by atoms with E-state index in [1.54, 1.807) is 6.26 Å². The summed E-state index contributed by atoms with van der Waals surface area (Å²) in [6.07, 6.45) is 3.07. The van der Waals surface area contributed by atoms with Gasteiger partial charge in [0.1, 0.15) is 12.0 Å². The molecule has 1 heterocycles. The number of thiol groups is 1. The zero-order valence-corrected chi connectivity index (χ0v) is 14.5. The normalized spacial score (nSPS) is 11.3. The third-order valence-corrected chi connectivity index (χ3v) is 3.45. The molecule has 1 unspecified atom stereocenters. The zero-order chi connectivity index (χ0) is 17.5. The molecule has 0 aliphatic heterocycles. The van der Waals surface area contributed by atoms with E-state index in [0.717, 1.165) is 16.3 Å². The van der Waals surface area contributed by atoms with Crippen LogP contribution in [0.3, 0.4) is 0 Å². The molecule has 0 spiro atoms. The monoisotopic (exact) mass is 361 g/mol. The summed E-state index contributed by atoms with van der Waals surface area (Å²) in [6, 6.07) is 16.0. The fourth-order valence-corrected chi connectivity index (χ4v) is 1.92. The van der Waals surface area contributed by atoms with Gasteiger partial charge in [0.25, 0.3) is 0 Å². The molecule has 0 amide bonds. The molecule has 1 aromatic carbocycles. The largest absolute Gasteiger partial charge is 0.480 e. The van der Waals surface area contributed by atoms with Crippen LogP contribution >= 0.6 is 24.2 Å². The molecule has 1 atom stereocenters. The van der Waals surface area contributed by atoms with Crippen molar-refractivity contribution in [1.29, 1.82) is 0 Å². The molecule has 6 heteroatoms. The molecule has 124 valence electrons. The van der Waals surface area contributed by atoms with Gasteiger partial charge in [0.2, 0.25) is 0 Å². The van der Waals surface area contributed by atoms with Gasteiger partial charge in [-0.3, -0.25) is 4.79 Å². The molecule has 0 bridgehead atoms. The number of carboxylic acid groups (broad SMARTS) is 1. The second-order valence-corrected chi connectivity index (χ2v) is 6.19. The maximum absolute atomic E-state index is 9.62. The number of fused-ring (bicyclic) bond motifs is 1. The van der Waals surface area contributed by atoms with Crippen LogP contribution in [-0.4, -0.2) is 21.3 Å². The van der Waals surface area contributed by atoms with E-state index in [1.807, 2.05) is 42.5 Å². The van der Waals surface area contributed by atoms with E-state index in [2.05, 4.69) is 23.7 Å². The van der Waals surface area contributed by atoms with Crippen molar-refractivity contribution in [2.45, 2.75) is 12.2 Å². The van der Waals surface area contributed by atoms with E-state index in [1.165, 1.54) is 24.4 Å². The van der Waals surface area contributed by atoms with E-state index in [4.69, 9.17) is 21.1 Å². The Bertz CT molecular complexity index is 769. The van der Waals surface area contributed by atoms with Gasteiger partial charge in [-0.25, -0.2) is 4.98 Å². The molecular weight excluding hydrogens is 346 g/mol. The summed E-state index contributed by atoms with van der Waals surface area (Å²) in [5, 5.41) is 8.25. The van der Waals surface area contributed by atoms with Crippen LogP contribution in [0, 0.1) is 0 Å². The Morgan fingerprint density at radius 3 is 2.12 bits per heavy atom. The van der Waals surface area contributed by atoms with Crippen molar-refractivity contribution in [3.05, 3.63) is 66.2 Å². The Hall–Kier alpha value is -2.24. The van der Waals surface area contributed by atoms with Crippen molar-refractivity contribution in [1.82, 2.24) is 4.98 Å². The van der Waals surface area contributed by atoms with Crippen LogP contribution in [0.4, 0.5) is 0 Å². The molecule has 0 saturated heterocycles. The van der Waals surface area contributed by atoms with Crippen molar-refractivity contribution in [3.8, 4) is 22.4 Å². The summed E-state index contributed by atoms with van der Waals surface area (Å²) in [5.74, 6) is -0.877. The molecule has 1 N–H and O–H groups in total. The van der Waals surface area contributed by atoms with Gasteiger partial charge in [-0.1, -0.05) is 41.9 Å². The maximum Gasteiger partial charge on any atom is 0.316 e. The molecule has 24 heavy (non-hydrogen) atoms. The Balaban J connectivity index is 0.000000139. The van der Waals surface area contributed by atoms with Crippen LogP contribution in [0.25, 0.3) is 22.4 Å². The highest BCUT2D eigenvalue weighted by Gasteiger charge is 2.11. The average Bonchev–Trinajstić information content (AvgIpc) is 2.97. The minimum absolute atomic E-state index is 0.537. The summed E-state index contributed by atoms with van der Waals surface area (Å²) in [6.45, 7) is 1.51. The number of aromatic nitrogens is 1. The second kappa shape index (κ2) is 8.57. The lowest BCUT2D eigenvalue weighted by Gasteiger charge is -1.91. The van der Waals surface area contributed by atoms with Gasteiger partial charge < -0.3 is 9.52 Å². The fraction of sp³-hybridized carbons (Fsp3) is 0.111. The molecule has 2 aliphatic rings. The predicted octanol–water partition coefficient (Wildman–Crippen LogP) is 5.05. The number of hydrogen-bond acceptors (Lipinski definition) is 4. The van der Waals surface area contributed by atoms with E-state index in [-0.39, 0.29) is 0 Å².